The Bertz CT molecular complexity index is 789. The van der Waals surface area contributed by atoms with Gasteiger partial charge in [-0.25, -0.2) is 4.98 Å². The fraction of sp³-hybridized carbons (Fsp3) is 0.278. The summed E-state index contributed by atoms with van der Waals surface area (Å²) in [4.78, 5) is 4.80. The van der Waals surface area contributed by atoms with E-state index >= 15 is 0 Å². The monoisotopic (exact) mass is 311 g/mol. The molecule has 5 nitrogen and oxygen atoms in total. The number of aryl methyl sites for hydroxylation is 1. The van der Waals surface area contributed by atoms with E-state index in [9.17, 15) is 0 Å². The number of nitrogens with two attached hydrogens (primary N) is 1. The Morgan fingerprint density at radius 2 is 1.74 bits per heavy atom. The van der Waals surface area contributed by atoms with E-state index in [-0.39, 0.29) is 0 Å². The van der Waals surface area contributed by atoms with Crippen LogP contribution < -0.4 is 15.2 Å². The van der Waals surface area contributed by atoms with Crippen molar-refractivity contribution < 1.29 is 9.47 Å². The highest BCUT2D eigenvalue weighted by Crippen LogP contribution is 2.31. The zero-order chi connectivity index (χ0) is 16.2. The summed E-state index contributed by atoms with van der Waals surface area (Å²) in [6.07, 6.45) is 0.897. The number of hydrogen-bond donors (Lipinski definition) is 1. The molecular weight excluding hydrogens is 290 g/mol. The normalized spacial score (nSPS) is 10.9. The lowest BCUT2D eigenvalue weighted by atomic mass is 10.2. The summed E-state index contributed by atoms with van der Waals surface area (Å²) in [5.41, 5.74) is 8.74. The molecule has 0 aliphatic heterocycles. The Balaban J connectivity index is 2.18. The molecule has 0 spiro atoms. The Labute approximate surface area is 135 Å². The molecule has 3 aromatic rings. The molecule has 0 aliphatic rings. The van der Waals surface area contributed by atoms with Crippen LogP contribution in [-0.2, 0) is 6.54 Å². The van der Waals surface area contributed by atoms with Gasteiger partial charge in [0.1, 0.15) is 17.3 Å². The van der Waals surface area contributed by atoms with Crippen LogP contribution in [0.15, 0.2) is 42.5 Å². The number of fused-ring (bicyclic) bond motifs is 1. The first-order valence-corrected chi connectivity index (χ1v) is 7.65. The van der Waals surface area contributed by atoms with Crippen LogP contribution in [0.25, 0.3) is 22.4 Å². The highest BCUT2D eigenvalue weighted by molar-refractivity contribution is 5.81. The van der Waals surface area contributed by atoms with Crippen LogP contribution in [0.2, 0.25) is 0 Å². The zero-order valence-corrected chi connectivity index (χ0v) is 13.5. The lowest BCUT2D eigenvalue weighted by Gasteiger charge is -2.11. The first-order chi connectivity index (χ1) is 11.3. The molecule has 2 aromatic carbocycles. The molecule has 120 valence electrons. The fourth-order valence-electron chi connectivity index (χ4n) is 2.71. The van der Waals surface area contributed by atoms with Gasteiger partial charge in [0.05, 0.1) is 25.3 Å². The summed E-state index contributed by atoms with van der Waals surface area (Å²) in [5.74, 6) is 2.39. The van der Waals surface area contributed by atoms with Gasteiger partial charge in [-0.1, -0.05) is 12.1 Å². The van der Waals surface area contributed by atoms with Crippen LogP contribution in [0.1, 0.15) is 6.42 Å². The van der Waals surface area contributed by atoms with Gasteiger partial charge in [-0.2, -0.15) is 0 Å². The summed E-state index contributed by atoms with van der Waals surface area (Å²) in [6, 6.07) is 13.9. The molecule has 0 atom stereocenters. The predicted octanol–water partition coefficient (Wildman–Crippen LogP) is 3.07. The van der Waals surface area contributed by atoms with Crippen molar-refractivity contribution in [1.29, 1.82) is 0 Å². The average Bonchev–Trinajstić information content (AvgIpc) is 2.98. The van der Waals surface area contributed by atoms with Crippen molar-refractivity contribution in [3.05, 3.63) is 42.5 Å². The number of ether oxygens (including phenoxy) is 2. The second-order valence-corrected chi connectivity index (χ2v) is 5.32. The van der Waals surface area contributed by atoms with Crippen molar-refractivity contribution in [2.75, 3.05) is 20.8 Å². The van der Waals surface area contributed by atoms with E-state index in [0.717, 1.165) is 46.9 Å². The van der Waals surface area contributed by atoms with Gasteiger partial charge in [0, 0.05) is 18.2 Å². The summed E-state index contributed by atoms with van der Waals surface area (Å²) < 4.78 is 13.0. The van der Waals surface area contributed by atoms with Crippen LogP contribution in [0, 0.1) is 0 Å². The van der Waals surface area contributed by atoms with Crippen molar-refractivity contribution in [1.82, 2.24) is 9.55 Å². The summed E-state index contributed by atoms with van der Waals surface area (Å²) >= 11 is 0. The second kappa shape index (κ2) is 6.71. The molecule has 1 aromatic heterocycles. The highest BCUT2D eigenvalue weighted by atomic mass is 16.5. The third-order valence-corrected chi connectivity index (χ3v) is 3.85. The van der Waals surface area contributed by atoms with E-state index in [1.807, 2.05) is 36.4 Å². The summed E-state index contributed by atoms with van der Waals surface area (Å²) in [6.45, 7) is 1.47. The van der Waals surface area contributed by atoms with Crippen molar-refractivity contribution in [3.8, 4) is 22.9 Å². The van der Waals surface area contributed by atoms with Gasteiger partial charge in [0.15, 0.2) is 0 Å². The topological polar surface area (TPSA) is 62.3 Å². The molecule has 2 N–H and O–H groups in total. The number of aromatic nitrogens is 2. The van der Waals surface area contributed by atoms with Gasteiger partial charge in [-0.05, 0) is 37.2 Å². The van der Waals surface area contributed by atoms with E-state index in [1.165, 1.54) is 0 Å². The smallest absolute Gasteiger partial charge is 0.141 e. The Hall–Kier alpha value is -2.53. The standard InChI is InChI=1S/C18H21N3O2/c1-22-14-10-13(11-15(12-14)23-2)18-20-16-6-3-4-7-17(16)21(18)9-5-8-19/h3-4,6-7,10-12H,5,8-9,19H2,1-2H3. The Morgan fingerprint density at radius 3 is 2.39 bits per heavy atom. The third-order valence-electron chi connectivity index (χ3n) is 3.85. The van der Waals surface area contributed by atoms with Gasteiger partial charge in [-0.15, -0.1) is 0 Å². The first kappa shape index (κ1) is 15.4. The van der Waals surface area contributed by atoms with E-state index in [4.69, 9.17) is 20.2 Å². The lowest BCUT2D eigenvalue weighted by molar-refractivity contribution is 0.394. The minimum atomic E-state index is 0.646. The van der Waals surface area contributed by atoms with E-state index in [1.54, 1.807) is 14.2 Å². The quantitative estimate of drug-likeness (QED) is 0.760. The highest BCUT2D eigenvalue weighted by Gasteiger charge is 2.14. The van der Waals surface area contributed by atoms with Gasteiger partial charge in [0.25, 0.3) is 0 Å². The van der Waals surface area contributed by atoms with Gasteiger partial charge < -0.3 is 19.8 Å². The molecule has 0 bridgehead atoms. The number of hydrogen-bond acceptors (Lipinski definition) is 4. The zero-order valence-electron chi connectivity index (χ0n) is 13.5. The molecule has 0 amide bonds. The van der Waals surface area contributed by atoms with Gasteiger partial charge in [0.2, 0.25) is 0 Å². The molecule has 0 saturated carbocycles. The van der Waals surface area contributed by atoms with Crippen molar-refractivity contribution in [2.45, 2.75) is 13.0 Å². The average molecular weight is 311 g/mol. The largest absolute Gasteiger partial charge is 0.497 e. The van der Waals surface area contributed by atoms with Gasteiger partial charge >= 0.3 is 0 Å². The van der Waals surface area contributed by atoms with Crippen molar-refractivity contribution in [3.63, 3.8) is 0 Å². The Morgan fingerprint density at radius 1 is 1.04 bits per heavy atom. The SMILES string of the molecule is COc1cc(OC)cc(-c2nc3ccccc3n2CCCN)c1. The van der Waals surface area contributed by atoms with Crippen LogP contribution in [0.4, 0.5) is 0 Å². The van der Waals surface area contributed by atoms with Crippen molar-refractivity contribution >= 4 is 11.0 Å². The minimum Gasteiger partial charge on any atom is -0.497 e. The molecule has 0 saturated heterocycles. The number of rotatable bonds is 6. The summed E-state index contributed by atoms with van der Waals surface area (Å²) in [5, 5.41) is 0. The molecule has 0 fully saturated rings. The van der Waals surface area contributed by atoms with E-state index in [0.29, 0.717) is 6.54 Å². The van der Waals surface area contributed by atoms with Crippen LogP contribution >= 0.6 is 0 Å². The minimum absolute atomic E-state index is 0.646. The molecule has 5 heteroatoms. The van der Waals surface area contributed by atoms with Crippen molar-refractivity contribution in [2.24, 2.45) is 5.73 Å². The molecular formula is C18H21N3O2. The van der Waals surface area contributed by atoms with Crippen LogP contribution in [-0.4, -0.2) is 30.3 Å². The van der Waals surface area contributed by atoms with Gasteiger partial charge in [-0.3, -0.25) is 0 Å². The first-order valence-electron chi connectivity index (χ1n) is 7.65. The maximum atomic E-state index is 5.70. The van der Waals surface area contributed by atoms with Crippen LogP contribution in [0.5, 0.6) is 11.5 Å². The third kappa shape index (κ3) is 3.00. The molecule has 23 heavy (non-hydrogen) atoms. The predicted molar refractivity (Wildman–Crippen MR) is 91.9 cm³/mol. The fourth-order valence-corrected chi connectivity index (χ4v) is 2.71. The molecule has 0 unspecified atom stereocenters. The molecule has 0 radical (unpaired) electrons. The maximum absolute atomic E-state index is 5.70. The lowest BCUT2D eigenvalue weighted by Crippen LogP contribution is -2.07. The molecule has 1 heterocycles. The number of para-hydroxylation sites is 2. The number of imidazole rings is 1. The Kier molecular flexibility index (Phi) is 4.48. The second-order valence-electron chi connectivity index (χ2n) is 5.32. The molecule has 0 aliphatic carbocycles. The van der Waals surface area contributed by atoms with E-state index in [2.05, 4.69) is 10.6 Å². The van der Waals surface area contributed by atoms with E-state index < -0.39 is 0 Å². The maximum Gasteiger partial charge on any atom is 0.141 e. The number of benzene rings is 2. The number of methoxy groups -OCH3 is 2. The van der Waals surface area contributed by atoms with Crippen LogP contribution in [0.3, 0.4) is 0 Å². The summed E-state index contributed by atoms with van der Waals surface area (Å²) in [7, 11) is 3.30. The number of nitrogens with zero attached hydrogens (tertiary/aromatic N) is 2. The molecule has 3 rings (SSSR count).